The van der Waals surface area contributed by atoms with Gasteiger partial charge in [0.25, 0.3) is 5.91 Å². The summed E-state index contributed by atoms with van der Waals surface area (Å²) in [6.07, 6.45) is 3.25. The highest BCUT2D eigenvalue weighted by molar-refractivity contribution is 6.07. The van der Waals surface area contributed by atoms with Crippen LogP contribution in [0.4, 0.5) is 11.5 Å². The minimum absolute atomic E-state index is 0.179. The fourth-order valence-electron chi connectivity index (χ4n) is 1.84. The van der Waals surface area contributed by atoms with Crippen LogP contribution in [0, 0.1) is 6.92 Å². The number of aromatic nitrogens is 3. The summed E-state index contributed by atoms with van der Waals surface area (Å²) in [5, 5.41) is 10.1. The van der Waals surface area contributed by atoms with Crippen LogP contribution < -0.4 is 10.6 Å². The average molecular weight is 259 g/mol. The third kappa shape index (κ3) is 2.90. The van der Waals surface area contributed by atoms with Crippen LogP contribution in [0.25, 0.3) is 0 Å². The number of hydrogen-bond acceptors (Lipinski definition) is 4. The second-order valence-corrected chi connectivity index (χ2v) is 4.20. The van der Waals surface area contributed by atoms with Gasteiger partial charge in [0, 0.05) is 25.9 Å². The molecule has 0 saturated heterocycles. The van der Waals surface area contributed by atoms with E-state index in [0.717, 1.165) is 17.9 Å². The van der Waals surface area contributed by atoms with Crippen LogP contribution >= 0.6 is 0 Å². The molecule has 0 atom stereocenters. The highest BCUT2D eigenvalue weighted by atomic mass is 16.1. The maximum atomic E-state index is 12.3. The number of carbonyl (C=O) groups excluding carboxylic acids is 1. The lowest BCUT2D eigenvalue weighted by molar-refractivity contribution is 0.102. The first-order valence-electron chi connectivity index (χ1n) is 6.11. The Morgan fingerprint density at radius 3 is 2.89 bits per heavy atom. The summed E-state index contributed by atoms with van der Waals surface area (Å²) in [4.78, 5) is 16.3. The van der Waals surface area contributed by atoms with Crippen molar-refractivity contribution in [2.75, 3.05) is 17.2 Å². The Bertz CT molecular complexity index is 590. The van der Waals surface area contributed by atoms with Gasteiger partial charge in [0.15, 0.2) is 0 Å². The van der Waals surface area contributed by atoms with E-state index in [4.69, 9.17) is 0 Å². The molecule has 0 bridgehead atoms. The van der Waals surface area contributed by atoms with Crippen LogP contribution in [0.15, 0.2) is 24.5 Å². The van der Waals surface area contributed by atoms with Crippen LogP contribution in [0.2, 0.25) is 0 Å². The van der Waals surface area contributed by atoms with Crippen molar-refractivity contribution in [3.8, 4) is 0 Å². The van der Waals surface area contributed by atoms with Crippen LogP contribution in [-0.2, 0) is 7.05 Å². The van der Waals surface area contributed by atoms with E-state index in [1.165, 1.54) is 0 Å². The molecule has 0 aliphatic heterocycles. The number of aryl methyl sites for hydroxylation is 2. The first kappa shape index (κ1) is 13.1. The van der Waals surface area contributed by atoms with Gasteiger partial charge in [0.2, 0.25) is 0 Å². The van der Waals surface area contributed by atoms with Gasteiger partial charge in [-0.25, -0.2) is 0 Å². The zero-order chi connectivity index (χ0) is 13.8. The van der Waals surface area contributed by atoms with Crippen molar-refractivity contribution in [1.82, 2.24) is 14.8 Å². The maximum absolute atomic E-state index is 12.3. The van der Waals surface area contributed by atoms with Gasteiger partial charge in [-0.2, -0.15) is 5.10 Å². The Morgan fingerprint density at radius 2 is 2.26 bits per heavy atom. The molecule has 6 heteroatoms. The van der Waals surface area contributed by atoms with Crippen molar-refractivity contribution < 1.29 is 4.79 Å². The third-order valence-electron chi connectivity index (χ3n) is 2.68. The van der Waals surface area contributed by atoms with E-state index in [0.29, 0.717) is 11.4 Å². The van der Waals surface area contributed by atoms with Crippen molar-refractivity contribution in [3.05, 3.63) is 35.8 Å². The third-order valence-corrected chi connectivity index (χ3v) is 2.68. The minimum atomic E-state index is -0.179. The van der Waals surface area contributed by atoms with Gasteiger partial charge in [0.1, 0.15) is 5.82 Å². The summed E-state index contributed by atoms with van der Waals surface area (Å²) >= 11 is 0. The van der Waals surface area contributed by atoms with Gasteiger partial charge < -0.3 is 10.6 Å². The monoisotopic (exact) mass is 259 g/mol. The molecule has 2 heterocycles. The molecule has 0 spiro atoms. The summed E-state index contributed by atoms with van der Waals surface area (Å²) in [6.45, 7) is 4.59. The van der Waals surface area contributed by atoms with Crippen LogP contribution in [0.1, 0.15) is 23.0 Å². The predicted octanol–water partition coefficient (Wildman–Crippen LogP) is 1.81. The van der Waals surface area contributed by atoms with E-state index < -0.39 is 0 Å². The minimum Gasteiger partial charge on any atom is -0.383 e. The van der Waals surface area contributed by atoms with E-state index in [1.54, 1.807) is 30.2 Å². The molecule has 100 valence electrons. The molecule has 2 aromatic heterocycles. The molecule has 1 amide bonds. The molecule has 2 rings (SSSR count). The summed E-state index contributed by atoms with van der Waals surface area (Å²) in [5.41, 5.74) is 2.15. The molecular weight excluding hydrogens is 242 g/mol. The van der Waals surface area contributed by atoms with E-state index in [1.807, 2.05) is 19.9 Å². The number of pyridine rings is 1. The average Bonchev–Trinajstić information content (AvgIpc) is 2.69. The van der Waals surface area contributed by atoms with Gasteiger partial charge >= 0.3 is 0 Å². The van der Waals surface area contributed by atoms with Crippen molar-refractivity contribution in [1.29, 1.82) is 0 Å². The molecule has 2 N–H and O–H groups in total. The predicted molar refractivity (Wildman–Crippen MR) is 74.3 cm³/mol. The molecule has 0 aliphatic rings. The van der Waals surface area contributed by atoms with Crippen molar-refractivity contribution >= 4 is 17.4 Å². The van der Waals surface area contributed by atoms with Crippen LogP contribution in [0.3, 0.4) is 0 Å². The normalized spacial score (nSPS) is 10.3. The smallest absolute Gasteiger partial charge is 0.259 e. The molecular formula is C13H17N5O. The number of nitrogens with zero attached hydrogens (tertiary/aromatic N) is 3. The van der Waals surface area contributed by atoms with Gasteiger partial charge in [-0.1, -0.05) is 0 Å². The van der Waals surface area contributed by atoms with E-state index in [-0.39, 0.29) is 5.91 Å². The Morgan fingerprint density at radius 1 is 1.47 bits per heavy atom. The van der Waals surface area contributed by atoms with Crippen molar-refractivity contribution in [2.45, 2.75) is 13.8 Å². The lowest BCUT2D eigenvalue weighted by Gasteiger charge is -2.10. The summed E-state index contributed by atoms with van der Waals surface area (Å²) in [7, 11) is 1.79. The Labute approximate surface area is 111 Å². The maximum Gasteiger partial charge on any atom is 0.259 e. The van der Waals surface area contributed by atoms with E-state index in [9.17, 15) is 4.79 Å². The molecule has 19 heavy (non-hydrogen) atoms. The van der Waals surface area contributed by atoms with E-state index >= 15 is 0 Å². The standard InChI is InChI=1S/C13H17N5O/c1-4-15-11-8-14-6-5-10(11)13(19)16-12-7-9(2)17-18(12)3/h5-8,15H,4H2,1-3H3,(H,16,19). The van der Waals surface area contributed by atoms with Crippen LogP contribution in [-0.4, -0.2) is 27.2 Å². The number of amides is 1. The van der Waals surface area contributed by atoms with Gasteiger partial charge in [-0.3, -0.25) is 14.5 Å². The second-order valence-electron chi connectivity index (χ2n) is 4.20. The van der Waals surface area contributed by atoms with Gasteiger partial charge in [-0.05, 0) is 19.9 Å². The van der Waals surface area contributed by atoms with Gasteiger partial charge in [0.05, 0.1) is 23.1 Å². The highest BCUT2D eigenvalue weighted by Gasteiger charge is 2.13. The first-order valence-corrected chi connectivity index (χ1v) is 6.11. The lowest BCUT2D eigenvalue weighted by atomic mass is 10.2. The summed E-state index contributed by atoms with van der Waals surface area (Å²) in [5.74, 6) is 0.489. The van der Waals surface area contributed by atoms with E-state index in [2.05, 4.69) is 20.7 Å². The molecule has 0 aliphatic carbocycles. The number of hydrogen-bond donors (Lipinski definition) is 2. The second kappa shape index (κ2) is 5.51. The number of nitrogens with one attached hydrogen (secondary N) is 2. The fraction of sp³-hybridized carbons (Fsp3) is 0.308. The Kier molecular flexibility index (Phi) is 3.79. The molecule has 0 fully saturated rings. The largest absolute Gasteiger partial charge is 0.383 e. The summed E-state index contributed by atoms with van der Waals surface area (Å²) < 4.78 is 1.64. The number of rotatable bonds is 4. The first-order chi connectivity index (χ1) is 9.11. The molecule has 2 aromatic rings. The fourth-order valence-corrected chi connectivity index (χ4v) is 1.84. The molecule has 6 nitrogen and oxygen atoms in total. The zero-order valence-electron chi connectivity index (χ0n) is 11.3. The molecule has 0 unspecified atom stereocenters. The molecule has 0 aromatic carbocycles. The number of anilines is 2. The quantitative estimate of drug-likeness (QED) is 0.878. The highest BCUT2D eigenvalue weighted by Crippen LogP contribution is 2.16. The van der Waals surface area contributed by atoms with Crippen LogP contribution in [0.5, 0.6) is 0 Å². The Balaban J connectivity index is 2.22. The number of carbonyl (C=O) groups is 1. The Hall–Kier alpha value is -2.37. The van der Waals surface area contributed by atoms with Gasteiger partial charge in [-0.15, -0.1) is 0 Å². The lowest BCUT2D eigenvalue weighted by Crippen LogP contribution is -2.16. The topological polar surface area (TPSA) is 71.8 Å². The van der Waals surface area contributed by atoms with Crippen molar-refractivity contribution in [2.24, 2.45) is 7.05 Å². The zero-order valence-corrected chi connectivity index (χ0v) is 11.3. The van der Waals surface area contributed by atoms with Crippen molar-refractivity contribution in [3.63, 3.8) is 0 Å². The SMILES string of the molecule is CCNc1cnccc1C(=O)Nc1cc(C)nn1C. The molecule has 0 radical (unpaired) electrons. The molecule has 0 saturated carbocycles. The summed E-state index contributed by atoms with van der Waals surface area (Å²) in [6, 6.07) is 3.52.